The molecule has 0 radical (unpaired) electrons. The smallest absolute Gasteiger partial charge is 0.234 e. The van der Waals surface area contributed by atoms with Crippen LogP contribution in [0, 0.1) is 5.92 Å². The summed E-state index contributed by atoms with van der Waals surface area (Å²) >= 11 is 5.76. The zero-order chi connectivity index (χ0) is 13.2. The molecule has 1 aromatic heterocycles. The molecule has 0 saturated carbocycles. The molecule has 0 saturated heterocycles. The van der Waals surface area contributed by atoms with Crippen LogP contribution in [0.5, 0.6) is 5.88 Å². The highest BCUT2D eigenvalue weighted by atomic mass is 35.5. The fourth-order valence-electron chi connectivity index (χ4n) is 1.56. The Morgan fingerprint density at radius 3 is 2.89 bits per heavy atom. The van der Waals surface area contributed by atoms with Crippen molar-refractivity contribution in [3.05, 3.63) is 12.4 Å². The van der Waals surface area contributed by atoms with Crippen LogP contribution in [0.4, 0.5) is 5.82 Å². The van der Waals surface area contributed by atoms with Crippen molar-refractivity contribution in [3.8, 4) is 5.88 Å². The highest BCUT2D eigenvalue weighted by molar-refractivity contribution is 6.17. The van der Waals surface area contributed by atoms with Crippen LogP contribution in [0.3, 0.4) is 0 Å². The van der Waals surface area contributed by atoms with Crippen molar-refractivity contribution in [1.29, 1.82) is 0 Å². The van der Waals surface area contributed by atoms with Gasteiger partial charge in [-0.25, -0.2) is 0 Å². The van der Waals surface area contributed by atoms with Gasteiger partial charge in [-0.15, -0.1) is 11.6 Å². The number of aromatic nitrogens is 2. The van der Waals surface area contributed by atoms with Gasteiger partial charge in [-0.3, -0.25) is 4.98 Å². The molecule has 0 aromatic carbocycles. The molecule has 18 heavy (non-hydrogen) atoms. The van der Waals surface area contributed by atoms with Crippen molar-refractivity contribution in [2.24, 2.45) is 5.92 Å². The lowest BCUT2D eigenvalue weighted by Gasteiger charge is -2.14. The van der Waals surface area contributed by atoms with E-state index in [-0.39, 0.29) is 0 Å². The van der Waals surface area contributed by atoms with Crippen LogP contribution >= 0.6 is 11.6 Å². The van der Waals surface area contributed by atoms with Gasteiger partial charge >= 0.3 is 0 Å². The van der Waals surface area contributed by atoms with Gasteiger partial charge in [0.25, 0.3) is 0 Å². The molecule has 1 aromatic rings. The predicted molar refractivity (Wildman–Crippen MR) is 75.4 cm³/mol. The molecule has 0 aliphatic heterocycles. The highest BCUT2D eigenvalue weighted by Crippen LogP contribution is 2.13. The van der Waals surface area contributed by atoms with E-state index in [1.165, 1.54) is 0 Å². The number of alkyl halides is 1. The van der Waals surface area contributed by atoms with Crippen molar-refractivity contribution < 1.29 is 4.74 Å². The first-order chi connectivity index (χ1) is 8.80. The zero-order valence-electron chi connectivity index (χ0n) is 11.2. The standard InChI is InChI=1S/C13H22ClN3O/c1-3-7-18-13-10-15-9-12(17-13)16-8-11(4-2)5-6-14/h9-11H,3-8H2,1-2H3,(H,16,17). The molecule has 0 bridgehead atoms. The van der Waals surface area contributed by atoms with E-state index in [2.05, 4.69) is 29.1 Å². The first kappa shape index (κ1) is 15.0. The SMILES string of the molecule is CCCOc1cncc(NCC(CC)CCCl)n1. The lowest BCUT2D eigenvalue weighted by Crippen LogP contribution is -2.15. The van der Waals surface area contributed by atoms with Gasteiger partial charge in [0.1, 0.15) is 5.82 Å². The van der Waals surface area contributed by atoms with Crippen LogP contribution in [0.15, 0.2) is 12.4 Å². The van der Waals surface area contributed by atoms with E-state index in [9.17, 15) is 0 Å². The third-order valence-corrected chi connectivity index (χ3v) is 2.95. The third kappa shape index (κ3) is 5.54. The molecule has 1 atom stereocenters. The van der Waals surface area contributed by atoms with Crippen molar-refractivity contribution in [2.75, 3.05) is 24.3 Å². The van der Waals surface area contributed by atoms with Gasteiger partial charge in [0.2, 0.25) is 5.88 Å². The first-order valence-electron chi connectivity index (χ1n) is 6.54. The molecular formula is C13H22ClN3O. The summed E-state index contributed by atoms with van der Waals surface area (Å²) in [5.41, 5.74) is 0. The number of hydrogen-bond donors (Lipinski definition) is 1. The summed E-state index contributed by atoms with van der Waals surface area (Å²) < 4.78 is 5.44. The number of nitrogens with one attached hydrogen (secondary N) is 1. The van der Waals surface area contributed by atoms with Crippen molar-refractivity contribution in [1.82, 2.24) is 9.97 Å². The van der Waals surface area contributed by atoms with Crippen molar-refractivity contribution in [2.45, 2.75) is 33.1 Å². The fraction of sp³-hybridized carbons (Fsp3) is 0.692. The number of rotatable bonds is 9. The Labute approximate surface area is 114 Å². The lowest BCUT2D eigenvalue weighted by molar-refractivity contribution is 0.304. The van der Waals surface area contributed by atoms with Crippen molar-refractivity contribution >= 4 is 17.4 Å². The molecule has 1 rings (SSSR count). The summed E-state index contributed by atoms with van der Waals surface area (Å²) in [5.74, 6) is 2.61. The van der Waals surface area contributed by atoms with E-state index < -0.39 is 0 Å². The number of hydrogen-bond acceptors (Lipinski definition) is 4. The summed E-state index contributed by atoms with van der Waals surface area (Å²) in [4.78, 5) is 8.46. The van der Waals surface area contributed by atoms with E-state index in [0.29, 0.717) is 24.3 Å². The average molecular weight is 272 g/mol. The second kappa shape index (κ2) is 8.97. The Bertz CT molecular complexity index is 336. The molecular weight excluding hydrogens is 250 g/mol. The zero-order valence-corrected chi connectivity index (χ0v) is 11.9. The molecule has 0 aliphatic carbocycles. The summed E-state index contributed by atoms with van der Waals surface area (Å²) in [6, 6.07) is 0. The Hall–Kier alpha value is -1.03. The highest BCUT2D eigenvalue weighted by Gasteiger charge is 2.06. The molecule has 0 fully saturated rings. The largest absolute Gasteiger partial charge is 0.477 e. The minimum Gasteiger partial charge on any atom is -0.477 e. The first-order valence-corrected chi connectivity index (χ1v) is 7.08. The number of halogens is 1. The fourth-order valence-corrected chi connectivity index (χ4v) is 1.87. The number of nitrogens with zero attached hydrogens (tertiary/aromatic N) is 2. The summed E-state index contributed by atoms with van der Waals surface area (Å²) in [5, 5.41) is 3.29. The van der Waals surface area contributed by atoms with Gasteiger partial charge in [-0.1, -0.05) is 20.3 Å². The van der Waals surface area contributed by atoms with Gasteiger partial charge in [-0.2, -0.15) is 4.98 Å². The molecule has 1 unspecified atom stereocenters. The summed E-state index contributed by atoms with van der Waals surface area (Å²) in [6.45, 7) is 5.77. The molecule has 0 spiro atoms. The van der Waals surface area contributed by atoms with Crippen LogP contribution < -0.4 is 10.1 Å². The third-order valence-electron chi connectivity index (χ3n) is 2.73. The van der Waals surface area contributed by atoms with Crippen LogP contribution in [0.1, 0.15) is 33.1 Å². The Morgan fingerprint density at radius 1 is 1.39 bits per heavy atom. The molecule has 4 nitrogen and oxygen atoms in total. The van der Waals surface area contributed by atoms with E-state index in [4.69, 9.17) is 16.3 Å². The lowest BCUT2D eigenvalue weighted by atomic mass is 10.0. The van der Waals surface area contributed by atoms with Gasteiger partial charge in [0, 0.05) is 12.4 Å². The minimum absolute atomic E-state index is 0.574. The second-order valence-corrected chi connectivity index (χ2v) is 4.60. The Morgan fingerprint density at radius 2 is 2.22 bits per heavy atom. The van der Waals surface area contributed by atoms with Crippen LogP contribution in [-0.2, 0) is 0 Å². The summed E-state index contributed by atoms with van der Waals surface area (Å²) in [6.07, 6.45) is 6.44. The van der Waals surface area contributed by atoms with E-state index in [0.717, 1.165) is 31.6 Å². The monoisotopic (exact) mass is 271 g/mol. The molecule has 1 N–H and O–H groups in total. The maximum absolute atomic E-state index is 5.76. The molecule has 0 aliphatic rings. The van der Waals surface area contributed by atoms with Gasteiger partial charge in [-0.05, 0) is 18.8 Å². The van der Waals surface area contributed by atoms with Crippen LogP contribution in [0.25, 0.3) is 0 Å². The van der Waals surface area contributed by atoms with E-state index in [1.807, 2.05) is 0 Å². The van der Waals surface area contributed by atoms with E-state index in [1.54, 1.807) is 12.4 Å². The van der Waals surface area contributed by atoms with E-state index >= 15 is 0 Å². The molecule has 1 heterocycles. The van der Waals surface area contributed by atoms with Gasteiger partial charge in [0.05, 0.1) is 19.0 Å². The maximum Gasteiger partial charge on any atom is 0.234 e. The van der Waals surface area contributed by atoms with Gasteiger partial charge < -0.3 is 10.1 Å². The summed E-state index contributed by atoms with van der Waals surface area (Å²) in [7, 11) is 0. The molecule has 0 amide bonds. The van der Waals surface area contributed by atoms with Gasteiger partial charge in [0.15, 0.2) is 0 Å². The topological polar surface area (TPSA) is 47.0 Å². The minimum atomic E-state index is 0.574. The van der Waals surface area contributed by atoms with Crippen LogP contribution in [-0.4, -0.2) is 29.0 Å². The number of ether oxygens (including phenoxy) is 1. The molecule has 5 heteroatoms. The van der Waals surface area contributed by atoms with Crippen LogP contribution in [0.2, 0.25) is 0 Å². The predicted octanol–water partition coefficient (Wildman–Crippen LogP) is 3.33. The second-order valence-electron chi connectivity index (χ2n) is 4.22. The normalized spacial score (nSPS) is 12.2. The quantitative estimate of drug-likeness (QED) is 0.700. The Kier molecular flexibility index (Phi) is 7.49. The molecule has 102 valence electrons. The average Bonchev–Trinajstić information content (AvgIpc) is 2.41. The Balaban J connectivity index is 2.45. The maximum atomic E-state index is 5.76. The van der Waals surface area contributed by atoms with Crippen molar-refractivity contribution in [3.63, 3.8) is 0 Å². The number of anilines is 1.